The van der Waals surface area contributed by atoms with Gasteiger partial charge in [-0.3, -0.25) is 4.79 Å². The molecule has 0 spiro atoms. The molecule has 3 atom stereocenters. The number of benzene rings is 2. The van der Waals surface area contributed by atoms with E-state index in [0.717, 1.165) is 24.8 Å². The average molecular weight is 340 g/mol. The van der Waals surface area contributed by atoms with Crippen molar-refractivity contribution in [2.24, 2.45) is 11.7 Å². The Morgan fingerprint density at radius 2 is 1.84 bits per heavy atom. The van der Waals surface area contributed by atoms with Crippen molar-refractivity contribution in [2.45, 2.75) is 44.2 Å². The highest BCUT2D eigenvalue weighted by Crippen LogP contribution is 2.26. The number of nitrogens with one attached hydrogen (secondary N) is 1. The van der Waals surface area contributed by atoms with Crippen LogP contribution in [-0.4, -0.2) is 11.9 Å². The highest BCUT2D eigenvalue weighted by atomic mass is 19.1. The maximum Gasteiger partial charge on any atom is 0.223 e. The predicted octanol–water partition coefficient (Wildman–Crippen LogP) is 3.74. The molecule has 3 rings (SSSR count). The van der Waals surface area contributed by atoms with Crippen LogP contribution in [-0.2, 0) is 11.2 Å². The van der Waals surface area contributed by atoms with E-state index in [1.807, 2.05) is 30.3 Å². The van der Waals surface area contributed by atoms with Crippen molar-refractivity contribution >= 4 is 5.91 Å². The van der Waals surface area contributed by atoms with Crippen LogP contribution in [0.15, 0.2) is 54.6 Å². The van der Waals surface area contributed by atoms with Crippen LogP contribution >= 0.6 is 0 Å². The molecule has 0 aliphatic heterocycles. The van der Waals surface area contributed by atoms with Crippen LogP contribution in [0.25, 0.3) is 0 Å². The standard InChI is InChI=1S/C21H25FN2O/c22-19-12-5-4-11-18(19)20(13-15-7-2-1-3-8-15)24-21(25)16-9-6-10-17(23)14-16/h1-5,7-8,11-12,16-17,20H,6,9-10,13-14,23H2,(H,24,25). The summed E-state index contributed by atoms with van der Waals surface area (Å²) in [4.78, 5) is 12.7. The van der Waals surface area contributed by atoms with E-state index in [-0.39, 0.29) is 29.7 Å². The molecule has 4 heteroatoms. The quantitative estimate of drug-likeness (QED) is 0.871. The van der Waals surface area contributed by atoms with Crippen LogP contribution in [0.2, 0.25) is 0 Å². The van der Waals surface area contributed by atoms with Crippen LogP contribution < -0.4 is 11.1 Å². The lowest BCUT2D eigenvalue weighted by Gasteiger charge is -2.28. The van der Waals surface area contributed by atoms with E-state index in [1.54, 1.807) is 18.2 Å². The van der Waals surface area contributed by atoms with Gasteiger partial charge in [-0.15, -0.1) is 0 Å². The van der Waals surface area contributed by atoms with E-state index in [1.165, 1.54) is 6.07 Å². The molecule has 1 aliphatic rings. The number of halogens is 1. The van der Waals surface area contributed by atoms with Gasteiger partial charge < -0.3 is 11.1 Å². The third-order valence-electron chi connectivity index (χ3n) is 4.97. The first-order valence-electron chi connectivity index (χ1n) is 8.98. The van der Waals surface area contributed by atoms with Crippen LogP contribution in [0.1, 0.15) is 42.9 Å². The van der Waals surface area contributed by atoms with E-state index in [9.17, 15) is 9.18 Å². The van der Waals surface area contributed by atoms with E-state index in [2.05, 4.69) is 5.32 Å². The van der Waals surface area contributed by atoms with Crippen molar-refractivity contribution in [1.82, 2.24) is 5.32 Å². The van der Waals surface area contributed by atoms with Gasteiger partial charge in [-0.05, 0) is 37.3 Å². The van der Waals surface area contributed by atoms with Crippen molar-refractivity contribution in [3.05, 3.63) is 71.5 Å². The van der Waals surface area contributed by atoms with Crippen LogP contribution in [0.3, 0.4) is 0 Å². The molecule has 1 aliphatic carbocycles. The van der Waals surface area contributed by atoms with Crippen molar-refractivity contribution in [3.63, 3.8) is 0 Å². The van der Waals surface area contributed by atoms with Crippen molar-refractivity contribution in [1.29, 1.82) is 0 Å². The molecule has 0 aromatic heterocycles. The number of carbonyl (C=O) groups excluding carboxylic acids is 1. The lowest BCUT2D eigenvalue weighted by molar-refractivity contribution is -0.126. The Bertz CT molecular complexity index is 704. The summed E-state index contributed by atoms with van der Waals surface area (Å²) < 4.78 is 14.3. The van der Waals surface area contributed by atoms with Gasteiger partial charge in [-0.25, -0.2) is 4.39 Å². The van der Waals surface area contributed by atoms with Gasteiger partial charge in [0.05, 0.1) is 6.04 Å². The Morgan fingerprint density at radius 3 is 2.56 bits per heavy atom. The minimum Gasteiger partial charge on any atom is -0.349 e. The molecule has 25 heavy (non-hydrogen) atoms. The van der Waals surface area contributed by atoms with Gasteiger partial charge in [-0.2, -0.15) is 0 Å². The normalized spacial score (nSPS) is 21.5. The number of carbonyl (C=O) groups is 1. The monoisotopic (exact) mass is 340 g/mol. The second-order valence-electron chi connectivity index (χ2n) is 6.90. The zero-order valence-corrected chi connectivity index (χ0v) is 14.3. The maximum absolute atomic E-state index is 14.3. The Balaban J connectivity index is 1.78. The van der Waals surface area contributed by atoms with Crippen molar-refractivity contribution in [2.75, 3.05) is 0 Å². The van der Waals surface area contributed by atoms with Gasteiger partial charge in [0.25, 0.3) is 0 Å². The molecule has 3 N–H and O–H groups in total. The average Bonchev–Trinajstić information content (AvgIpc) is 2.62. The molecule has 0 saturated heterocycles. The van der Waals surface area contributed by atoms with E-state index >= 15 is 0 Å². The number of hydrogen-bond acceptors (Lipinski definition) is 2. The molecule has 0 radical (unpaired) electrons. The van der Waals surface area contributed by atoms with Crippen LogP contribution in [0, 0.1) is 11.7 Å². The third kappa shape index (κ3) is 4.67. The zero-order valence-electron chi connectivity index (χ0n) is 14.3. The Labute approximate surface area is 148 Å². The molecule has 0 bridgehead atoms. The topological polar surface area (TPSA) is 55.1 Å². The Kier molecular flexibility index (Phi) is 5.82. The fraction of sp³-hybridized carbons (Fsp3) is 0.381. The largest absolute Gasteiger partial charge is 0.349 e. The van der Waals surface area contributed by atoms with Crippen molar-refractivity contribution < 1.29 is 9.18 Å². The first-order valence-corrected chi connectivity index (χ1v) is 8.98. The predicted molar refractivity (Wildman–Crippen MR) is 97.4 cm³/mol. The molecule has 0 heterocycles. The van der Waals surface area contributed by atoms with Crippen molar-refractivity contribution in [3.8, 4) is 0 Å². The lowest BCUT2D eigenvalue weighted by atomic mass is 9.85. The fourth-order valence-corrected chi connectivity index (χ4v) is 3.60. The molecule has 1 saturated carbocycles. The van der Waals surface area contributed by atoms with Gasteiger partial charge in [0, 0.05) is 17.5 Å². The van der Waals surface area contributed by atoms with Crippen LogP contribution in [0.4, 0.5) is 4.39 Å². The van der Waals surface area contributed by atoms with E-state index < -0.39 is 0 Å². The summed E-state index contributed by atoms with van der Waals surface area (Å²) in [6.07, 6.45) is 4.08. The fourth-order valence-electron chi connectivity index (χ4n) is 3.60. The summed E-state index contributed by atoms with van der Waals surface area (Å²) in [6.45, 7) is 0. The smallest absolute Gasteiger partial charge is 0.223 e. The summed E-state index contributed by atoms with van der Waals surface area (Å²) in [7, 11) is 0. The molecular formula is C21H25FN2O. The summed E-state index contributed by atoms with van der Waals surface area (Å²) in [5.74, 6) is -0.378. The Morgan fingerprint density at radius 1 is 1.12 bits per heavy atom. The molecule has 3 nitrogen and oxygen atoms in total. The second-order valence-corrected chi connectivity index (χ2v) is 6.90. The van der Waals surface area contributed by atoms with Gasteiger partial charge >= 0.3 is 0 Å². The number of nitrogens with two attached hydrogens (primary N) is 1. The Hall–Kier alpha value is -2.20. The third-order valence-corrected chi connectivity index (χ3v) is 4.97. The minimum absolute atomic E-state index is 0.0145. The summed E-state index contributed by atoms with van der Waals surface area (Å²) in [6, 6.07) is 16.2. The summed E-state index contributed by atoms with van der Waals surface area (Å²) in [5, 5.41) is 3.08. The maximum atomic E-state index is 14.3. The molecule has 3 unspecified atom stereocenters. The van der Waals surface area contributed by atoms with Gasteiger partial charge in [0.1, 0.15) is 5.82 Å². The molecule has 132 valence electrons. The van der Waals surface area contributed by atoms with E-state index in [4.69, 9.17) is 5.73 Å². The highest BCUT2D eigenvalue weighted by molar-refractivity contribution is 5.79. The molecule has 1 amide bonds. The highest BCUT2D eigenvalue weighted by Gasteiger charge is 2.28. The molecule has 2 aromatic rings. The lowest BCUT2D eigenvalue weighted by Crippen LogP contribution is -2.40. The number of amides is 1. The number of hydrogen-bond donors (Lipinski definition) is 2. The SMILES string of the molecule is NC1CCCC(C(=O)NC(Cc2ccccc2)c2ccccc2F)C1. The molecule has 2 aromatic carbocycles. The first kappa shape index (κ1) is 17.6. The summed E-state index contributed by atoms with van der Waals surface area (Å²) in [5.41, 5.74) is 7.61. The molecule has 1 fully saturated rings. The molecular weight excluding hydrogens is 315 g/mol. The first-order chi connectivity index (χ1) is 12.1. The van der Waals surface area contributed by atoms with Gasteiger partial charge in [0.15, 0.2) is 0 Å². The minimum atomic E-state index is -0.380. The van der Waals surface area contributed by atoms with Crippen LogP contribution in [0.5, 0.6) is 0 Å². The summed E-state index contributed by atoms with van der Waals surface area (Å²) >= 11 is 0. The zero-order chi connectivity index (χ0) is 17.6. The second kappa shape index (κ2) is 8.26. The van der Waals surface area contributed by atoms with E-state index in [0.29, 0.717) is 18.4 Å². The number of rotatable bonds is 5. The van der Waals surface area contributed by atoms with Gasteiger partial charge in [-0.1, -0.05) is 55.0 Å². The van der Waals surface area contributed by atoms with Gasteiger partial charge in [0.2, 0.25) is 5.91 Å².